The summed E-state index contributed by atoms with van der Waals surface area (Å²) in [5.74, 6) is -1.24. The van der Waals surface area contributed by atoms with Crippen LogP contribution >= 0.6 is 11.6 Å². The van der Waals surface area contributed by atoms with Crippen molar-refractivity contribution in [2.45, 2.75) is 33.4 Å². The number of hydrogen-bond acceptors (Lipinski definition) is 4. The van der Waals surface area contributed by atoms with Crippen LogP contribution in [0, 0.1) is 13.8 Å². The number of carboxylic acid groups (broad SMARTS) is 1. The van der Waals surface area contributed by atoms with Crippen LogP contribution in [-0.2, 0) is 17.9 Å². The van der Waals surface area contributed by atoms with Gasteiger partial charge in [-0.3, -0.25) is 14.2 Å². The van der Waals surface area contributed by atoms with Gasteiger partial charge in [-0.2, -0.15) is 10.2 Å². The molecule has 3 rings (SSSR count). The first-order valence-electron chi connectivity index (χ1n) is 8.67. The molecule has 0 spiro atoms. The Morgan fingerprint density at radius 1 is 1.29 bits per heavy atom. The zero-order chi connectivity index (χ0) is 20.3. The molecule has 0 aliphatic carbocycles. The second kappa shape index (κ2) is 8.26. The zero-order valence-corrected chi connectivity index (χ0v) is 16.3. The Bertz CT molecular complexity index is 1020. The van der Waals surface area contributed by atoms with E-state index in [2.05, 4.69) is 15.5 Å². The van der Waals surface area contributed by atoms with Gasteiger partial charge in [-0.25, -0.2) is 4.79 Å². The van der Waals surface area contributed by atoms with Crippen molar-refractivity contribution >= 4 is 29.2 Å². The Kier molecular flexibility index (Phi) is 5.79. The van der Waals surface area contributed by atoms with E-state index < -0.39 is 5.97 Å². The Morgan fingerprint density at radius 3 is 2.75 bits per heavy atom. The molecule has 0 unspecified atom stereocenters. The van der Waals surface area contributed by atoms with Gasteiger partial charge in [-0.15, -0.1) is 0 Å². The predicted molar refractivity (Wildman–Crippen MR) is 105 cm³/mol. The maximum Gasteiger partial charge on any atom is 0.338 e. The third-order valence-corrected chi connectivity index (χ3v) is 4.55. The molecule has 2 aromatic heterocycles. The third kappa shape index (κ3) is 4.58. The van der Waals surface area contributed by atoms with Crippen LogP contribution in [0.25, 0.3) is 0 Å². The number of rotatable bonds is 7. The Morgan fingerprint density at radius 2 is 2.07 bits per heavy atom. The van der Waals surface area contributed by atoms with Gasteiger partial charge in [0.25, 0.3) is 0 Å². The van der Waals surface area contributed by atoms with E-state index >= 15 is 0 Å². The predicted octanol–water partition coefficient (Wildman–Crippen LogP) is 3.13. The summed E-state index contributed by atoms with van der Waals surface area (Å²) in [7, 11) is 0. The smallest absolute Gasteiger partial charge is 0.338 e. The number of halogens is 1. The van der Waals surface area contributed by atoms with Crippen molar-refractivity contribution in [1.29, 1.82) is 0 Å². The van der Waals surface area contributed by atoms with E-state index in [1.54, 1.807) is 0 Å². The van der Waals surface area contributed by atoms with Crippen molar-refractivity contribution in [1.82, 2.24) is 19.6 Å². The minimum Gasteiger partial charge on any atom is -0.478 e. The third-order valence-electron chi connectivity index (χ3n) is 4.32. The lowest BCUT2D eigenvalue weighted by atomic mass is 10.2. The molecule has 0 saturated carbocycles. The van der Waals surface area contributed by atoms with E-state index in [0.717, 1.165) is 17.0 Å². The van der Waals surface area contributed by atoms with Gasteiger partial charge < -0.3 is 10.4 Å². The molecule has 28 heavy (non-hydrogen) atoms. The maximum absolute atomic E-state index is 12.3. The van der Waals surface area contributed by atoms with E-state index in [-0.39, 0.29) is 24.4 Å². The number of anilines is 1. The van der Waals surface area contributed by atoms with Crippen LogP contribution in [-0.4, -0.2) is 36.5 Å². The lowest BCUT2D eigenvalue weighted by Gasteiger charge is -2.08. The van der Waals surface area contributed by atoms with Gasteiger partial charge in [0, 0.05) is 24.2 Å². The summed E-state index contributed by atoms with van der Waals surface area (Å²) in [5.41, 5.74) is 3.36. The van der Waals surface area contributed by atoms with E-state index in [0.29, 0.717) is 17.3 Å². The van der Waals surface area contributed by atoms with Crippen molar-refractivity contribution < 1.29 is 14.7 Å². The number of nitrogens with one attached hydrogen (secondary N) is 1. The number of carboxylic acids is 1. The fourth-order valence-electron chi connectivity index (χ4n) is 2.85. The summed E-state index contributed by atoms with van der Waals surface area (Å²) in [5, 5.41) is 20.9. The highest BCUT2D eigenvalue weighted by Gasteiger charge is 2.15. The van der Waals surface area contributed by atoms with Crippen molar-refractivity contribution in [2.24, 2.45) is 0 Å². The molecule has 0 atom stereocenters. The summed E-state index contributed by atoms with van der Waals surface area (Å²) >= 11 is 6.03. The molecule has 1 aromatic carbocycles. The maximum atomic E-state index is 12.3. The lowest BCUT2D eigenvalue weighted by molar-refractivity contribution is -0.116. The Labute approximate surface area is 166 Å². The molecule has 0 aliphatic heterocycles. The highest BCUT2D eigenvalue weighted by Crippen LogP contribution is 2.21. The van der Waals surface area contributed by atoms with Crippen molar-refractivity contribution in [3.63, 3.8) is 0 Å². The molecule has 146 valence electrons. The molecule has 9 heteroatoms. The van der Waals surface area contributed by atoms with E-state index in [1.807, 2.05) is 42.8 Å². The van der Waals surface area contributed by atoms with Crippen LogP contribution < -0.4 is 5.32 Å². The molecule has 2 N–H and O–H groups in total. The van der Waals surface area contributed by atoms with Crippen LogP contribution in [0.4, 0.5) is 5.69 Å². The number of hydrogen-bond donors (Lipinski definition) is 2. The van der Waals surface area contributed by atoms with Crippen LogP contribution in [0.5, 0.6) is 0 Å². The topological polar surface area (TPSA) is 102 Å². The summed E-state index contributed by atoms with van der Waals surface area (Å²) in [6, 6.07) is 7.55. The molecule has 0 radical (unpaired) electrons. The van der Waals surface area contributed by atoms with E-state index in [9.17, 15) is 9.59 Å². The molecular formula is C19H20ClN5O3. The first-order valence-corrected chi connectivity index (χ1v) is 9.05. The number of aromatic carboxylic acids is 1. The minimum atomic E-state index is -1.05. The number of nitrogens with zero attached hydrogens (tertiary/aromatic N) is 4. The van der Waals surface area contributed by atoms with E-state index in [1.165, 1.54) is 17.1 Å². The van der Waals surface area contributed by atoms with Gasteiger partial charge in [0.05, 0.1) is 35.4 Å². The van der Waals surface area contributed by atoms with Crippen LogP contribution in [0.2, 0.25) is 5.02 Å². The Hall–Kier alpha value is -3.13. The molecular weight excluding hydrogens is 382 g/mol. The van der Waals surface area contributed by atoms with E-state index in [4.69, 9.17) is 16.7 Å². The fraction of sp³-hybridized carbons (Fsp3) is 0.263. The van der Waals surface area contributed by atoms with Gasteiger partial charge in [-0.05, 0) is 31.5 Å². The average Bonchev–Trinajstić information content (AvgIpc) is 3.21. The van der Waals surface area contributed by atoms with Gasteiger partial charge in [0.2, 0.25) is 5.91 Å². The molecule has 8 nitrogen and oxygen atoms in total. The number of carbonyl (C=O) groups excluding carboxylic acids is 1. The first-order chi connectivity index (χ1) is 13.3. The van der Waals surface area contributed by atoms with Gasteiger partial charge in [0.1, 0.15) is 0 Å². The minimum absolute atomic E-state index is 0.0920. The SMILES string of the molecule is Cc1nn(Cc2cccc(Cl)c2)c(C)c1NC(=O)CCn1cc(C(=O)O)cn1. The monoisotopic (exact) mass is 401 g/mol. The highest BCUT2D eigenvalue weighted by molar-refractivity contribution is 6.30. The van der Waals surface area contributed by atoms with Crippen LogP contribution in [0.1, 0.15) is 33.7 Å². The average molecular weight is 402 g/mol. The van der Waals surface area contributed by atoms with Gasteiger partial charge in [-0.1, -0.05) is 23.7 Å². The Balaban J connectivity index is 1.64. The largest absolute Gasteiger partial charge is 0.478 e. The standard InChI is InChI=1S/C19H20ClN5O3/c1-12-18(13(2)25(23-12)10-14-4-3-5-16(20)8-14)22-17(26)6-7-24-11-15(9-21-24)19(27)28/h3-5,8-9,11H,6-7,10H2,1-2H3,(H,22,26)(H,27,28). The summed E-state index contributed by atoms with van der Waals surface area (Å²) < 4.78 is 3.26. The number of amides is 1. The van der Waals surface area contributed by atoms with Crippen LogP contribution in [0.15, 0.2) is 36.7 Å². The fourth-order valence-corrected chi connectivity index (χ4v) is 3.07. The number of aryl methyl sites for hydroxylation is 2. The molecule has 3 aromatic rings. The summed E-state index contributed by atoms with van der Waals surface area (Å²) in [6.45, 7) is 4.57. The highest BCUT2D eigenvalue weighted by atomic mass is 35.5. The quantitative estimate of drug-likeness (QED) is 0.633. The lowest BCUT2D eigenvalue weighted by Crippen LogP contribution is -2.16. The molecule has 0 fully saturated rings. The molecule has 2 heterocycles. The molecule has 1 amide bonds. The number of benzene rings is 1. The van der Waals surface area contributed by atoms with Crippen molar-refractivity contribution in [3.8, 4) is 0 Å². The van der Waals surface area contributed by atoms with Crippen LogP contribution in [0.3, 0.4) is 0 Å². The van der Waals surface area contributed by atoms with Crippen molar-refractivity contribution in [2.75, 3.05) is 5.32 Å². The molecule has 0 saturated heterocycles. The zero-order valence-electron chi connectivity index (χ0n) is 15.5. The second-order valence-electron chi connectivity index (χ2n) is 6.43. The number of aromatic nitrogens is 4. The summed E-state index contributed by atoms with van der Waals surface area (Å²) in [4.78, 5) is 23.2. The normalized spacial score (nSPS) is 10.8. The van der Waals surface area contributed by atoms with Gasteiger partial charge >= 0.3 is 5.97 Å². The second-order valence-corrected chi connectivity index (χ2v) is 6.87. The molecule has 0 aliphatic rings. The number of carbonyl (C=O) groups is 2. The summed E-state index contributed by atoms with van der Waals surface area (Å²) in [6.07, 6.45) is 2.82. The first kappa shape index (κ1) is 19.6. The van der Waals surface area contributed by atoms with Crippen molar-refractivity contribution in [3.05, 3.63) is 64.2 Å². The van der Waals surface area contributed by atoms with Gasteiger partial charge in [0.15, 0.2) is 0 Å². The molecule has 0 bridgehead atoms.